The SMILES string of the molecule is Cl.Nc1cccc2c1CCCN2C(=O)CN1C(=O)C2CCCCC2C1=O. The molecule has 1 aromatic carbocycles. The van der Waals surface area contributed by atoms with E-state index >= 15 is 0 Å². The Morgan fingerprint density at radius 3 is 2.38 bits per heavy atom. The predicted octanol–water partition coefficient (Wildman–Crippen LogP) is 2.14. The molecule has 1 aromatic rings. The van der Waals surface area contributed by atoms with Crippen LogP contribution in [0.1, 0.15) is 37.7 Å². The van der Waals surface area contributed by atoms with Crippen LogP contribution in [0.25, 0.3) is 0 Å². The molecule has 1 saturated heterocycles. The molecule has 1 saturated carbocycles. The highest BCUT2D eigenvalue weighted by molar-refractivity contribution is 6.09. The Labute approximate surface area is 159 Å². The van der Waals surface area contributed by atoms with E-state index in [4.69, 9.17) is 5.73 Å². The minimum atomic E-state index is -0.210. The van der Waals surface area contributed by atoms with Gasteiger partial charge in [0.05, 0.1) is 11.8 Å². The van der Waals surface area contributed by atoms with Gasteiger partial charge in [0, 0.05) is 17.9 Å². The van der Waals surface area contributed by atoms with Gasteiger partial charge in [-0.15, -0.1) is 12.4 Å². The zero-order valence-corrected chi connectivity index (χ0v) is 15.5. The lowest BCUT2D eigenvalue weighted by Crippen LogP contribution is -2.45. The number of imide groups is 1. The second-order valence-corrected chi connectivity index (χ2v) is 7.25. The lowest BCUT2D eigenvalue weighted by molar-refractivity contribution is -0.143. The standard InChI is InChI=1S/C19H23N3O3.ClH/c20-15-8-3-9-16-14(15)7-4-10-21(16)17(23)11-22-18(24)12-5-1-2-6-13(12)19(22)25;/h3,8-9,12-13H,1-2,4-7,10-11,20H2;1H. The number of fused-ring (bicyclic) bond motifs is 2. The van der Waals surface area contributed by atoms with E-state index in [9.17, 15) is 14.4 Å². The Kier molecular flexibility index (Phi) is 5.23. The van der Waals surface area contributed by atoms with Gasteiger partial charge in [-0.3, -0.25) is 19.3 Å². The summed E-state index contributed by atoms with van der Waals surface area (Å²) in [4.78, 5) is 40.9. The van der Waals surface area contributed by atoms with E-state index in [2.05, 4.69) is 0 Å². The van der Waals surface area contributed by atoms with Crippen molar-refractivity contribution >= 4 is 41.5 Å². The van der Waals surface area contributed by atoms with Crippen molar-refractivity contribution in [3.63, 3.8) is 0 Å². The molecule has 4 rings (SSSR count). The first-order chi connectivity index (χ1) is 12.1. The largest absolute Gasteiger partial charge is 0.398 e. The summed E-state index contributed by atoms with van der Waals surface area (Å²) >= 11 is 0. The third-order valence-electron chi connectivity index (χ3n) is 5.81. The molecule has 7 heteroatoms. The number of hydrogen-bond donors (Lipinski definition) is 1. The van der Waals surface area contributed by atoms with Gasteiger partial charge in [0.25, 0.3) is 0 Å². The maximum atomic E-state index is 12.9. The highest BCUT2D eigenvalue weighted by Crippen LogP contribution is 2.38. The highest BCUT2D eigenvalue weighted by atomic mass is 35.5. The van der Waals surface area contributed by atoms with Crippen molar-refractivity contribution in [2.75, 3.05) is 23.7 Å². The third-order valence-corrected chi connectivity index (χ3v) is 5.81. The summed E-state index contributed by atoms with van der Waals surface area (Å²) in [6, 6.07) is 5.56. The van der Waals surface area contributed by atoms with Crippen LogP contribution in [0.5, 0.6) is 0 Å². The second kappa shape index (κ2) is 7.27. The van der Waals surface area contributed by atoms with Crippen LogP contribution in [0.4, 0.5) is 11.4 Å². The van der Waals surface area contributed by atoms with Crippen LogP contribution in [-0.2, 0) is 20.8 Å². The van der Waals surface area contributed by atoms with Gasteiger partial charge < -0.3 is 10.6 Å². The van der Waals surface area contributed by atoms with Gasteiger partial charge in [0.1, 0.15) is 6.54 Å². The summed E-state index contributed by atoms with van der Waals surface area (Å²) < 4.78 is 0. The van der Waals surface area contributed by atoms with E-state index in [1.807, 2.05) is 18.2 Å². The molecule has 3 aliphatic rings. The topological polar surface area (TPSA) is 83.7 Å². The third kappa shape index (κ3) is 2.96. The average Bonchev–Trinajstić information content (AvgIpc) is 2.87. The summed E-state index contributed by atoms with van der Waals surface area (Å²) in [5.41, 5.74) is 8.52. The molecule has 1 aliphatic carbocycles. The molecule has 0 radical (unpaired) electrons. The highest BCUT2D eigenvalue weighted by Gasteiger charge is 2.48. The van der Waals surface area contributed by atoms with Gasteiger partial charge in [0.15, 0.2) is 0 Å². The van der Waals surface area contributed by atoms with Crippen molar-refractivity contribution in [3.05, 3.63) is 23.8 Å². The Morgan fingerprint density at radius 2 is 1.73 bits per heavy atom. The molecule has 2 unspecified atom stereocenters. The van der Waals surface area contributed by atoms with Crippen LogP contribution in [0.2, 0.25) is 0 Å². The number of nitrogens with two attached hydrogens (primary N) is 1. The minimum absolute atomic E-state index is 0. The molecule has 0 bridgehead atoms. The first kappa shape index (κ1) is 18.7. The molecule has 2 aliphatic heterocycles. The van der Waals surface area contributed by atoms with E-state index in [0.717, 1.165) is 49.8 Å². The van der Waals surface area contributed by atoms with Crippen LogP contribution in [0, 0.1) is 11.8 Å². The Balaban J connectivity index is 0.00000196. The van der Waals surface area contributed by atoms with Gasteiger partial charge in [-0.1, -0.05) is 18.9 Å². The zero-order chi connectivity index (χ0) is 17.6. The number of rotatable bonds is 2. The van der Waals surface area contributed by atoms with E-state index in [1.165, 1.54) is 4.90 Å². The predicted molar refractivity (Wildman–Crippen MR) is 101 cm³/mol. The number of nitrogen functional groups attached to an aromatic ring is 1. The fraction of sp³-hybridized carbons (Fsp3) is 0.526. The van der Waals surface area contributed by atoms with Crippen LogP contribution >= 0.6 is 12.4 Å². The zero-order valence-electron chi connectivity index (χ0n) is 14.6. The van der Waals surface area contributed by atoms with Gasteiger partial charge >= 0.3 is 0 Å². The van der Waals surface area contributed by atoms with Crippen LogP contribution in [-0.4, -0.2) is 35.7 Å². The number of amides is 3. The second-order valence-electron chi connectivity index (χ2n) is 7.25. The average molecular weight is 378 g/mol. The fourth-order valence-electron chi connectivity index (χ4n) is 4.52. The molecule has 26 heavy (non-hydrogen) atoms. The fourth-order valence-corrected chi connectivity index (χ4v) is 4.52. The molecular formula is C19H24ClN3O3. The summed E-state index contributed by atoms with van der Waals surface area (Å²) in [7, 11) is 0. The van der Waals surface area contributed by atoms with E-state index in [-0.39, 0.29) is 48.5 Å². The maximum Gasteiger partial charge on any atom is 0.247 e. The molecule has 2 fully saturated rings. The van der Waals surface area contributed by atoms with Crippen molar-refractivity contribution in [1.82, 2.24) is 4.90 Å². The monoisotopic (exact) mass is 377 g/mol. The number of anilines is 2. The van der Waals surface area contributed by atoms with Crippen molar-refractivity contribution in [2.24, 2.45) is 11.8 Å². The molecular weight excluding hydrogens is 354 g/mol. The quantitative estimate of drug-likeness (QED) is 0.632. The number of nitrogens with zero attached hydrogens (tertiary/aromatic N) is 2. The number of benzene rings is 1. The van der Waals surface area contributed by atoms with Gasteiger partial charge in [-0.05, 0) is 43.4 Å². The van der Waals surface area contributed by atoms with Crippen molar-refractivity contribution < 1.29 is 14.4 Å². The normalized spacial score (nSPS) is 24.8. The van der Waals surface area contributed by atoms with E-state index < -0.39 is 0 Å². The summed E-state index contributed by atoms with van der Waals surface area (Å²) in [5.74, 6) is -0.940. The van der Waals surface area contributed by atoms with Gasteiger partial charge in [-0.2, -0.15) is 0 Å². The Hall–Kier alpha value is -2.08. The summed E-state index contributed by atoms with van der Waals surface area (Å²) in [6.07, 6.45) is 5.19. The van der Waals surface area contributed by atoms with Crippen molar-refractivity contribution in [1.29, 1.82) is 0 Å². The number of likely N-dealkylation sites (tertiary alicyclic amines) is 1. The van der Waals surface area contributed by atoms with Crippen molar-refractivity contribution in [2.45, 2.75) is 38.5 Å². The first-order valence-electron chi connectivity index (χ1n) is 9.11. The van der Waals surface area contributed by atoms with Crippen molar-refractivity contribution in [3.8, 4) is 0 Å². The van der Waals surface area contributed by atoms with Crippen LogP contribution in [0.3, 0.4) is 0 Å². The maximum absolute atomic E-state index is 12.9. The summed E-state index contributed by atoms with van der Waals surface area (Å²) in [5, 5.41) is 0. The minimum Gasteiger partial charge on any atom is -0.398 e. The molecule has 6 nitrogen and oxygen atoms in total. The molecule has 140 valence electrons. The Bertz CT molecular complexity index is 728. The lowest BCUT2D eigenvalue weighted by Gasteiger charge is -2.31. The number of carbonyl (C=O) groups is 3. The van der Waals surface area contributed by atoms with Crippen LogP contribution < -0.4 is 10.6 Å². The van der Waals surface area contributed by atoms with E-state index in [1.54, 1.807) is 4.90 Å². The van der Waals surface area contributed by atoms with Crippen LogP contribution in [0.15, 0.2) is 18.2 Å². The van der Waals surface area contributed by atoms with Gasteiger partial charge in [-0.25, -0.2) is 0 Å². The summed E-state index contributed by atoms with van der Waals surface area (Å²) in [6.45, 7) is 0.442. The molecule has 3 amide bonds. The molecule has 2 N–H and O–H groups in total. The molecule has 0 spiro atoms. The van der Waals surface area contributed by atoms with Gasteiger partial charge in [0.2, 0.25) is 17.7 Å². The first-order valence-corrected chi connectivity index (χ1v) is 9.11. The molecule has 2 heterocycles. The molecule has 2 atom stereocenters. The number of halogens is 1. The Morgan fingerprint density at radius 1 is 1.08 bits per heavy atom. The number of hydrogen-bond acceptors (Lipinski definition) is 4. The molecule has 0 aromatic heterocycles. The van der Waals surface area contributed by atoms with E-state index in [0.29, 0.717) is 12.2 Å². The smallest absolute Gasteiger partial charge is 0.247 e. The lowest BCUT2D eigenvalue weighted by atomic mass is 9.81. The number of carbonyl (C=O) groups excluding carboxylic acids is 3.